The summed E-state index contributed by atoms with van der Waals surface area (Å²) < 4.78 is 5.35. The highest BCUT2D eigenvalue weighted by Crippen LogP contribution is 2.23. The zero-order valence-corrected chi connectivity index (χ0v) is 12.9. The molecule has 0 aromatic carbocycles. The molecule has 2 atom stereocenters. The van der Waals surface area contributed by atoms with Crippen molar-refractivity contribution in [2.24, 2.45) is 0 Å². The molecule has 0 spiro atoms. The van der Waals surface area contributed by atoms with E-state index in [-0.39, 0.29) is 12.6 Å². The summed E-state index contributed by atoms with van der Waals surface area (Å²) in [6, 6.07) is 4.29. The smallest absolute Gasteiger partial charge is 0.241 e. The van der Waals surface area contributed by atoms with E-state index in [4.69, 9.17) is 4.52 Å². The van der Waals surface area contributed by atoms with Crippen molar-refractivity contribution in [3.05, 3.63) is 30.4 Å². The van der Waals surface area contributed by atoms with Gasteiger partial charge in [-0.25, -0.2) is 0 Å². The van der Waals surface area contributed by atoms with Crippen molar-refractivity contribution in [1.82, 2.24) is 24.9 Å². The topological polar surface area (TPSA) is 78.5 Å². The summed E-state index contributed by atoms with van der Waals surface area (Å²) in [5, 5.41) is 13.6. The molecule has 1 aliphatic rings. The van der Waals surface area contributed by atoms with Crippen LogP contribution in [0, 0.1) is 0 Å². The lowest BCUT2D eigenvalue weighted by Gasteiger charge is -2.20. The largest absolute Gasteiger partial charge is 0.395 e. The maximum Gasteiger partial charge on any atom is 0.241 e. The summed E-state index contributed by atoms with van der Waals surface area (Å²) in [5.41, 5.74) is 0.885. The summed E-state index contributed by atoms with van der Waals surface area (Å²) in [6.45, 7) is 1.61. The van der Waals surface area contributed by atoms with E-state index in [1.807, 2.05) is 12.1 Å². The molecule has 1 aliphatic heterocycles. The van der Waals surface area contributed by atoms with Gasteiger partial charge in [0.1, 0.15) is 0 Å². The number of pyridine rings is 1. The molecule has 0 unspecified atom stereocenters. The minimum Gasteiger partial charge on any atom is -0.395 e. The summed E-state index contributed by atoms with van der Waals surface area (Å²) in [7, 11) is 4.13. The Morgan fingerprint density at radius 1 is 1.36 bits per heavy atom. The van der Waals surface area contributed by atoms with E-state index < -0.39 is 0 Å². The van der Waals surface area contributed by atoms with Gasteiger partial charge < -0.3 is 14.5 Å². The van der Waals surface area contributed by atoms with Gasteiger partial charge in [-0.2, -0.15) is 4.98 Å². The van der Waals surface area contributed by atoms with Crippen molar-refractivity contribution in [2.45, 2.75) is 25.0 Å². The van der Waals surface area contributed by atoms with Gasteiger partial charge in [0.25, 0.3) is 0 Å². The number of rotatable bonds is 5. The van der Waals surface area contributed by atoms with E-state index >= 15 is 0 Å². The summed E-state index contributed by atoms with van der Waals surface area (Å²) >= 11 is 0. The van der Waals surface area contributed by atoms with Crippen molar-refractivity contribution in [2.75, 3.05) is 27.2 Å². The van der Waals surface area contributed by atoms with Gasteiger partial charge in [0, 0.05) is 36.6 Å². The van der Waals surface area contributed by atoms with Crippen LogP contribution in [0.4, 0.5) is 0 Å². The van der Waals surface area contributed by atoms with Crippen LogP contribution in [0.2, 0.25) is 0 Å². The second-order valence-corrected chi connectivity index (χ2v) is 5.87. The third kappa shape index (κ3) is 3.16. The third-order valence-corrected chi connectivity index (χ3v) is 4.19. The molecule has 1 saturated heterocycles. The van der Waals surface area contributed by atoms with Gasteiger partial charge in [-0.1, -0.05) is 5.16 Å². The van der Waals surface area contributed by atoms with Crippen LogP contribution in [0.3, 0.4) is 0 Å². The van der Waals surface area contributed by atoms with Gasteiger partial charge >= 0.3 is 0 Å². The first-order valence-electron chi connectivity index (χ1n) is 7.41. The Hall–Kier alpha value is -1.83. The molecule has 0 radical (unpaired) electrons. The maximum atomic E-state index is 9.56. The SMILES string of the molecule is CN(C)[C@H]1C[C@@H](CO)N(Cc2nc(-c3ccncc3)no2)C1. The van der Waals surface area contributed by atoms with Crippen LogP contribution in [0.25, 0.3) is 11.4 Å². The van der Waals surface area contributed by atoms with Crippen molar-refractivity contribution >= 4 is 0 Å². The lowest BCUT2D eigenvalue weighted by Crippen LogP contribution is -2.33. The van der Waals surface area contributed by atoms with E-state index in [9.17, 15) is 5.11 Å². The van der Waals surface area contributed by atoms with Gasteiger partial charge in [0.15, 0.2) is 0 Å². The molecule has 0 saturated carbocycles. The van der Waals surface area contributed by atoms with Crippen LogP contribution in [-0.4, -0.2) is 69.4 Å². The average molecular weight is 303 g/mol. The molecule has 22 heavy (non-hydrogen) atoms. The summed E-state index contributed by atoms with van der Waals surface area (Å²) in [4.78, 5) is 12.8. The molecular weight excluding hydrogens is 282 g/mol. The van der Waals surface area contributed by atoms with Crippen LogP contribution >= 0.6 is 0 Å². The van der Waals surface area contributed by atoms with Crippen molar-refractivity contribution < 1.29 is 9.63 Å². The highest BCUT2D eigenvalue weighted by atomic mass is 16.5. The number of aromatic nitrogens is 3. The van der Waals surface area contributed by atoms with Crippen LogP contribution in [-0.2, 0) is 6.54 Å². The first kappa shape index (κ1) is 15.1. The Balaban J connectivity index is 1.70. The molecule has 3 rings (SSSR count). The molecule has 0 amide bonds. The molecule has 7 heteroatoms. The zero-order valence-electron chi connectivity index (χ0n) is 12.9. The fourth-order valence-electron chi connectivity index (χ4n) is 2.83. The Labute approximate surface area is 129 Å². The third-order valence-electron chi connectivity index (χ3n) is 4.19. The number of aliphatic hydroxyl groups is 1. The predicted molar refractivity (Wildman–Crippen MR) is 80.9 cm³/mol. The maximum absolute atomic E-state index is 9.56. The number of nitrogens with zero attached hydrogens (tertiary/aromatic N) is 5. The van der Waals surface area contributed by atoms with E-state index in [0.717, 1.165) is 18.5 Å². The number of hydrogen-bond acceptors (Lipinski definition) is 7. The van der Waals surface area contributed by atoms with Crippen LogP contribution in [0.1, 0.15) is 12.3 Å². The van der Waals surface area contributed by atoms with Crippen molar-refractivity contribution in [3.8, 4) is 11.4 Å². The molecule has 2 aromatic heterocycles. The molecule has 118 valence electrons. The molecule has 0 aliphatic carbocycles. The monoisotopic (exact) mass is 303 g/mol. The normalized spacial score (nSPS) is 22.5. The highest BCUT2D eigenvalue weighted by Gasteiger charge is 2.33. The van der Waals surface area contributed by atoms with Gasteiger partial charge in [0.2, 0.25) is 11.7 Å². The fourth-order valence-corrected chi connectivity index (χ4v) is 2.83. The zero-order chi connectivity index (χ0) is 15.5. The van der Waals surface area contributed by atoms with Gasteiger partial charge in [-0.15, -0.1) is 0 Å². The highest BCUT2D eigenvalue weighted by molar-refractivity contribution is 5.52. The first-order valence-corrected chi connectivity index (χ1v) is 7.41. The van der Waals surface area contributed by atoms with E-state index in [2.05, 4.69) is 39.0 Å². The lowest BCUT2D eigenvalue weighted by atomic mass is 10.2. The summed E-state index contributed by atoms with van der Waals surface area (Å²) in [5.74, 6) is 1.14. The lowest BCUT2D eigenvalue weighted by molar-refractivity contribution is 0.140. The Morgan fingerprint density at radius 2 is 2.14 bits per heavy atom. The van der Waals surface area contributed by atoms with Crippen LogP contribution in [0.15, 0.2) is 29.0 Å². The number of aliphatic hydroxyl groups excluding tert-OH is 1. The molecule has 3 heterocycles. The van der Waals surface area contributed by atoms with E-state index in [1.165, 1.54) is 0 Å². The molecule has 0 bridgehead atoms. The molecule has 2 aromatic rings. The molecule has 1 N–H and O–H groups in total. The van der Waals surface area contributed by atoms with Crippen molar-refractivity contribution in [1.29, 1.82) is 0 Å². The fraction of sp³-hybridized carbons (Fsp3) is 0.533. The molecule has 1 fully saturated rings. The average Bonchev–Trinajstić information content (AvgIpc) is 3.15. The van der Waals surface area contributed by atoms with Gasteiger partial charge in [0.05, 0.1) is 13.2 Å². The quantitative estimate of drug-likeness (QED) is 0.868. The van der Waals surface area contributed by atoms with Crippen LogP contribution < -0.4 is 0 Å². The Kier molecular flexibility index (Phi) is 4.47. The minimum absolute atomic E-state index is 0.142. The Morgan fingerprint density at radius 3 is 2.82 bits per heavy atom. The second-order valence-electron chi connectivity index (χ2n) is 5.87. The van der Waals surface area contributed by atoms with Gasteiger partial charge in [-0.05, 0) is 32.6 Å². The minimum atomic E-state index is 0.142. The standard InChI is InChI=1S/C15H21N5O2/c1-19(2)12-7-13(10-21)20(8-12)9-14-17-15(18-22-14)11-3-5-16-6-4-11/h3-6,12-13,21H,7-10H2,1-2H3/t12-,13-/m0/s1. The predicted octanol–water partition coefficient (Wildman–Crippen LogP) is 0.628. The Bertz CT molecular complexity index is 601. The first-order chi connectivity index (χ1) is 10.7. The second kappa shape index (κ2) is 6.51. The van der Waals surface area contributed by atoms with E-state index in [0.29, 0.717) is 24.3 Å². The van der Waals surface area contributed by atoms with E-state index in [1.54, 1.807) is 12.4 Å². The van der Waals surface area contributed by atoms with Crippen LogP contribution in [0.5, 0.6) is 0 Å². The number of hydrogen-bond donors (Lipinski definition) is 1. The molecule has 7 nitrogen and oxygen atoms in total. The van der Waals surface area contributed by atoms with Gasteiger partial charge in [-0.3, -0.25) is 9.88 Å². The number of likely N-dealkylation sites (tertiary alicyclic amines) is 1. The number of likely N-dealkylation sites (N-methyl/N-ethyl adjacent to an activating group) is 1. The van der Waals surface area contributed by atoms with Crippen molar-refractivity contribution in [3.63, 3.8) is 0 Å². The summed E-state index contributed by atoms with van der Waals surface area (Å²) in [6.07, 6.45) is 4.36. The molecular formula is C15H21N5O2.